The number of amides is 1. The zero-order chi connectivity index (χ0) is 19.2. The number of carbonyl (C=O) groups excluding carboxylic acids is 1. The number of para-hydroxylation sites is 1. The van der Waals surface area contributed by atoms with Crippen molar-refractivity contribution < 1.29 is 4.79 Å². The number of benzene rings is 2. The van der Waals surface area contributed by atoms with E-state index in [0.717, 1.165) is 39.5 Å². The molecule has 0 aliphatic carbocycles. The Morgan fingerprint density at radius 1 is 1.11 bits per heavy atom. The van der Waals surface area contributed by atoms with Crippen LogP contribution in [0.15, 0.2) is 66.0 Å². The lowest BCUT2D eigenvalue weighted by molar-refractivity contribution is -0.115. The number of rotatable bonds is 6. The Morgan fingerprint density at radius 3 is 2.63 bits per heavy atom. The summed E-state index contributed by atoms with van der Waals surface area (Å²) in [5, 5.41) is 3.61. The molecular weight excluding hydrogens is 354 g/mol. The average Bonchev–Trinajstić information content (AvgIpc) is 2.70. The van der Waals surface area contributed by atoms with E-state index in [9.17, 15) is 4.79 Å². The third kappa shape index (κ3) is 4.74. The maximum absolute atomic E-state index is 12.7. The standard InChI is InChI=1S/C22H23N3OS/c1-4-17-12-8-9-15(2)21(17)25-22(26)16(3)27-20-13-19(23-14-24-20)18-10-6-5-7-11-18/h5-14,16H,4H2,1-3H3,(H,25,26)/t16-/m0/s1. The van der Waals surface area contributed by atoms with Gasteiger partial charge in [0.05, 0.1) is 10.9 Å². The molecule has 0 spiro atoms. The summed E-state index contributed by atoms with van der Waals surface area (Å²) in [5.41, 5.74) is 5.03. The molecule has 138 valence electrons. The first-order valence-electron chi connectivity index (χ1n) is 9.02. The molecule has 1 atom stereocenters. The van der Waals surface area contributed by atoms with Gasteiger partial charge in [-0.25, -0.2) is 9.97 Å². The molecule has 2 aromatic carbocycles. The van der Waals surface area contributed by atoms with Crippen LogP contribution in [0, 0.1) is 6.92 Å². The van der Waals surface area contributed by atoms with Crippen molar-refractivity contribution in [3.05, 3.63) is 72.1 Å². The van der Waals surface area contributed by atoms with E-state index in [4.69, 9.17) is 0 Å². The Hall–Kier alpha value is -2.66. The van der Waals surface area contributed by atoms with Crippen LogP contribution in [-0.4, -0.2) is 21.1 Å². The minimum Gasteiger partial charge on any atom is -0.325 e. The number of nitrogens with zero attached hydrogens (tertiary/aromatic N) is 2. The molecule has 1 heterocycles. The van der Waals surface area contributed by atoms with Gasteiger partial charge in [0.2, 0.25) is 5.91 Å². The summed E-state index contributed by atoms with van der Waals surface area (Å²) in [6, 6.07) is 18.0. The van der Waals surface area contributed by atoms with Gasteiger partial charge in [0, 0.05) is 11.3 Å². The number of aryl methyl sites for hydroxylation is 2. The lowest BCUT2D eigenvalue weighted by Crippen LogP contribution is -2.23. The van der Waals surface area contributed by atoms with Crippen molar-refractivity contribution in [2.24, 2.45) is 0 Å². The number of hydrogen-bond acceptors (Lipinski definition) is 4. The van der Waals surface area contributed by atoms with Gasteiger partial charge in [-0.1, -0.05) is 67.2 Å². The number of aromatic nitrogens is 2. The van der Waals surface area contributed by atoms with Gasteiger partial charge in [-0.05, 0) is 37.5 Å². The van der Waals surface area contributed by atoms with Crippen molar-refractivity contribution in [2.75, 3.05) is 5.32 Å². The minimum absolute atomic E-state index is 0.0242. The summed E-state index contributed by atoms with van der Waals surface area (Å²) in [4.78, 5) is 21.4. The highest BCUT2D eigenvalue weighted by Gasteiger charge is 2.18. The molecule has 0 saturated heterocycles. The van der Waals surface area contributed by atoms with Gasteiger partial charge in [0.15, 0.2) is 0 Å². The van der Waals surface area contributed by atoms with Crippen LogP contribution in [-0.2, 0) is 11.2 Å². The van der Waals surface area contributed by atoms with Crippen LogP contribution in [0.5, 0.6) is 0 Å². The van der Waals surface area contributed by atoms with E-state index in [1.54, 1.807) is 6.33 Å². The van der Waals surface area contributed by atoms with Crippen LogP contribution in [0.1, 0.15) is 25.0 Å². The Balaban J connectivity index is 1.72. The van der Waals surface area contributed by atoms with Gasteiger partial charge in [-0.15, -0.1) is 0 Å². The van der Waals surface area contributed by atoms with Crippen LogP contribution < -0.4 is 5.32 Å². The summed E-state index contributed by atoms with van der Waals surface area (Å²) in [6.07, 6.45) is 2.43. The number of nitrogens with one attached hydrogen (secondary N) is 1. The van der Waals surface area contributed by atoms with Gasteiger partial charge in [0.1, 0.15) is 11.4 Å². The molecule has 1 amide bonds. The van der Waals surface area contributed by atoms with Crippen LogP contribution in [0.25, 0.3) is 11.3 Å². The molecule has 0 aliphatic rings. The highest BCUT2D eigenvalue weighted by Crippen LogP contribution is 2.27. The number of thioether (sulfide) groups is 1. The molecule has 1 aromatic heterocycles. The van der Waals surface area contributed by atoms with Crippen LogP contribution in [0.3, 0.4) is 0 Å². The zero-order valence-electron chi connectivity index (χ0n) is 15.8. The molecule has 0 bridgehead atoms. The van der Waals surface area contributed by atoms with E-state index >= 15 is 0 Å². The molecule has 0 unspecified atom stereocenters. The van der Waals surface area contributed by atoms with Crippen LogP contribution in [0.2, 0.25) is 0 Å². The normalized spacial score (nSPS) is 11.8. The molecular formula is C22H23N3OS. The lowest BCUT2D eigenvalue weighted by Gasteiger charge is -2.16. The molecule has 0 fully saturated rings. The molecule has 1 N–H and O–H groups in total. The van der Waals surface area contributed by atoms with Gasteiger partial charge in [0.25, 0.3) is 0 Å². The predicted molar refractivity (Wildman–Crippen MR) is 112 cm³/mol. The number of hydrogen-bond donors (Lipinski definition) is 1. The Kier molecular flexibility index (Phi) is 6.24. The van der Waals surface area contributed by atoms with E-state index in [-0.39, 0.29) is 11.2 Å². The highest BCUT2D eigenvalue weighted by atomic mass is 32.2. The summed E-state index contributed by atoms with van der Waals surface area (Å²) in [5.74, 6) is -0.0242. The van der Waals surface area contributed by atoms with Crippen LogP contribution >= 0.6 is 11.8 Å². The van der Waals surface area contributed by atoms with Crippen molar-refractivity contribution >= 4 is 23.4 Å². The summed E-state index contributed by atoms with van der Waals surface area (Å²) < 4.78 is 0. The SMILES string of the molecule is CCc1cccc(C)c1NC(=O)[C@H](C)Sc1cc(-c2ccccc2)ncn1. The molecule has 5 heteroatoms. The second-order valence-electron chi connectivity index (χ2n) is 6.32. The fourth-order valence-electron chi connectivity index (χ4n) is 2.83. The molecule has 27 heavy (non-hydrogen) atoms. The largest absolute Gasteiger partial charge is 0.325 e. The first-order valence-corrected chi connectivity index (χ1v) is 9.90. The Bertz CT molecular complexity index is 928. The van der Waals surface area contributed by atoms with Crippen molar-refractivity contribution in [1.82, 2.24) is 9.97 Å². The van der Waals surface area contributed by atoms with Gasteiger partial charge < -0.3 is 5.32 Å². The lowest BCUT2D eigenvalue weighted by atomic mass is 10.1. The molecule has 3 rings (SSSR count). The average molecular weight is 378 g/mol. The van der Waals surface area contributed by atoms with Gasteiger partial charge in [-0.3, -0.25) is 4.79 Å². The molecule has 0 aliphatic heterocycles. The van der Waals surface area contributed by atoms with Gasteiger partial charge >= 0.3 is 0 Å². The number of carbonyl (C=O) groups is 1. The summed E-state index contributed by atoms with van der Waals surface area (Å²) in [7, 11) is 0. The van der Waals surface area contributed by atoms with Crippen molar-refractivity contribution in [3.8, 4) is 11.3 Å². The molecule has 4 nitrogen and oxygen atoms in total. The maximum Gasteiger partial charge on any atom is 0.237 e. The molecule has 3 aromatic rings. The van der Waals surface area contributed by atoms with E-state index in [2.05, 4.69) is 28.3 Å². The first-order chi connectivity index (χ1) is 13.1. The van der Waals surface area contributed by atoms with E-state index in [1.165, 1.54) is 11.8 Å². The topological polar surface area (TPSA) is 54.9 Å². The maximum atomic E-state index is 12.7. The fourth-order valence-corrected chi connectivity index (χ4v) is 3.65. The number of anilines is 1. The first kappa shape index (κ1) is 19.1. The van der Waals surface area contributed by atoms with E-state index in [0.29, 0.717) is 0 Å². The Labute approximate surface area is 164 Å². The van der Waals surface area contributed by atoms with E-state index in [1.807, 2.05) is 62.4 Å². The second kappa shape index (κ2) is 8.82. The van der Waals surface area contributed by atoms with Crippen molar-refractivity contribution in [3.63, 3.8) is 0 Å². The predicted octanol–water partition coefficient (Wildman–Crippen LogP) is 5.13. The van der Waals surface area contributed by atoms with Crippen LogP contribution in [0.4, 0.5) is 5.69 Å². The highest BCUT2D eigenvalue weighted by molar-refractivity contribution is 8.00. The van der Waals surface area contributed by atoms with E-state index < -0.39 is 0 Å². The monoisotopic (exact) mass is 377 g/mol. The van der Waals surface area contributed by atoms with Crippen molar-refractivity contribution in [1.29, 1.82) is 0 Å². The van der Waals surface area contributed by atoms with Gasteiger partial charge in [-0.2, -0.15) is 0 Å². The fraction of sp³-hybridized carbons (Fsp3) is 0.227. The molecule has 0 saturated carbocycles. The van der Waals surface area contributed by atoms with Crippen molar-refractivity contribution in [2.45, 2.75) is 37.5 Å². The third-order valence-electron chi connectivity index (χ3n) is 4.37. The second-order valence-corrected chi connectivity index (χ2v) is 7.68. The zero-order valence-corrected chi connectivity index (χ0v) is 16.6. The summed E-state index contributed by atoms with van der Waals surface area (Å²) in [6.45, 7) is 6.01. The Morgan fingerprint density at radius 2 is 1.89 bits per heavy atom. The minimum atomic E-state index is -0.271. The summed E-state index contributed by atoms with van der Waals surface area (Å²) >= 11 is 1.44. The molecule has 0 radical (unpaired) electrons. The quantitative estimate of drug-likeness (QED) is 0.478. The third-order valence-corrected chi connectivity index (χ3v) is 5.40. The smallest absolute Gasteiger partial charge is 0.237 e.